The van der Waals surface area contributed by atoms with Gasteiger partial charge in [0.05, 0.1) is 0 Å². The number of benzene rings is 1. The molecule has 2 rings (SSSR count). The molecule has 0 saturated heterocycles. The van der Waals surface area contributed by atoms with Crippen molar-refractivity contribution in [2.24, 2.45) is 7.05 Å². The molecule has 0 bridgehead atoms. The third-order valence-electron chi connectivity index (χ3n) is 2.96. The van der Waals surface area contributed by atoms with E-state index >= 15 is 0 Å². The number of aryl methyl sites for hydroxylation is 1. The first kappa shape index (κ1) is 13.4. The molecule has 0 aliphatic rings. The van der Waals surface area contributed by atoms with Crippen LogP contribution in [0.1, 0.15) is 17.4 Å². The number of halogens is 1. The highest BCUT2D eigenvalue weighted by molar-refractivity contribution is 6.31. The van der Waals surface area contributed by atoms with Crippen LogP contribution in [0.25, 0.3) is 10.9 Å². The van der Waals surface area contributed by atoms with Crippen molar-refractivity contribution < 1.29 is 14.7 Å². The van der Waals surface area contributed by atoms with Crippen molar-refractivity contribution in [3.63, 3.8) is 0 Å². The summed E-state index contributed by atoms with van der Waals surface area (Å²) in [4.78, 5) is 22.7. The van der Waals surface area contributed by atoms with E-state index in [1.165, 1.54) is 6.92 Å². The fourth-order valence-electron chi connectivity index (χ4n) is 1.87. The van der Waals surface area contributed by atoms with Crippen LogP contribution in [0, 0.1) is 0 Å². The topological polar surface area (TPSA) is 71.3 Å². The van der Waals surface area contributed by atoms with Crippen LogP contribution in [-0.2, 0) is 11.8 Å². The average Bonchev–Trinajstić information content (AvgIpc) is 2.66. The van der Waals surface area contributed by atoms with E-state index in [1.54, 1.807) is 29.8 Å². The van der Waals surface area contributed by atoms with E-state index in [-0.39, 0.29) is 0 Å². The number of fused-ring (bicyclic) bond motifs is 1. The highest BCUT2D eigenvalue weighted by atomic mass is 35.5. The molecule has 1 heterocycles. The number of nitrogens with zero attached hydrogens (tertiary/aromatic N) is 1. The SMILES string of the molecule is C[C@H](NC(=O)c1cc2cc(Cl)ccc2n1C)C(=O)O. The van der Waals surface area contributed by atoms with Crippen molar-refractivity contribution in [1.29, 1.82) is 0 Å². The third kappa shape index (κ3) is 2.56. The maximum absolute atomic E-state index is 12.0. The number of carbonyl (C=O) groups excluding carboxylic acids is 1. The lowest BCUT2D eigenvalue weighted by Crippen LogP contribution is -2.39. The molecule has 6 heteroatoms. The highest BCUT2D eigenvalue weighted by Crippen LogP contribution is 2.22. The molecule has 2 aromatic rings. The number of hydrogen-bond acceptors (Lipinski definition) is 2. The van der Waals surface area contributed by atoms with Crippen molar-refractivity contribution in [3.05, 3.63) is 35.0 Å². The van der Waals surface area contributed by atoms with Crippen LogP contribution < -0.4 is 5.32 Å². The van der Waals surface area contributed by atoms with Crippen LogP contribution in [0.2, 0.25) is 5.02 Å². The van der Waals surface area contributed by atoms with E-state index in [4.69, 9.17) is 16.7 Å². The Morgan fingerprint density at radius 2 is 2.05 bits per heavy atom. The van der Waals surface area contributed by atoms with Crippen molar-refractivity contribution in [2.75, 3.05) is 0 Å². The summed E-state index contributed by atoms with van der Waals surface area (Å²) in [6, 6.07) is 6.06. The number of rotatable bonds is 3. The van der Waals surface area contributed by atoms with Crippen LogP contribution in [-0.4, -0.2) is 27.6 Å². The van der Waals surface area contributed by atoms with Gasteiger partial charge < -0.3 is 15.0 Å². The molecule has 1 aromatic carbocycles. The summed E-state index contributed by atoms with van der Waals surface area (Å²) in [7, 11) is 1.75. The third-order valence-corrected chi connectivity index (χ3v) is 3.19. The zero-order chi connectivity index (χ0) is 14.2. The Hall–Kier alpha value is -2.01. The van der Waals surface area contributed by atoms with E-state index < -0.39 is 17.9 Å². The Kier molecular flexibility index (Phi) is 3.48. The minimum absolute atomic E-state index is 0.394. The van der Waals surface area contributed by atoms with Gasteiger partial charge >= 0.3 is 5.97 Å². The largest absolute Gasteiger partial charge is 0.480 e. The van der Waals surface area contributed by atoms with Crippen LogP contribution in [0.15, 0.2) is 24.3 Å². The molecule has 0 aliphatic carbocycles. The maximum atomic E-state index is 12.0. The van der Waals surface area contributed by atoms with Gasteiger partial charge in [0.15, 0.2) is 0 Å². The van der Waals surface area contributed by atoms with E-state index in [0.717, 1.165) is 10.9 Å². The number of hydrogen-bond donors (Lipinski definition) is 2. The molecule has 0 spiro atoms. The first-order chi connectivity index (χ1) is 8.90. The molecule has 1 aromatic heterocycles. The Bertz CT molecular complexity index is 663. The maximum Gasteiger partial charge on any atom is 0.325 e. The molecule has 0 fully saturated rings. The number of aromatic nitrogens is 1. The van der Waals surface area contributed by atoms with Crippen LogP contribution in [0.3, 0.4) is 0 Å². The van der Waals surface area contributed by atoms with E-state index in [2.05, 4.69) is 5.32 Å². The van der Waals surface area contributed by atoms with Gasteiger partial charge in [-0.25, -0.2) is 0 Å². The minimum Gasteiger partial charge on any atom is -0.480 e. The van der Waals surface area contributed by atoms with Gasteiger partial charge in [-0.05, 0) is 31.2 Å². The molecule has 0 aliphatic heterocycles. The summed E-state index contributed by atoms with van der Waals surface area (Å²) >= 11 is 5.90. The molecule has 5 nitrogen and oxygen atoms in total. The number of amides is 1. The average molecular weight is 281 g/mol. The lowest BCUT2D eigenvalue weighted by molar-refractivity contribution is -0.138. The summed E-state index contributed by atoms with van der Waals surface area (Å²) in [5.41, 5.74) is 1.25. The zero-order valence-electron chi connectivity index (χ0n) is 10.5. The predicted octanol–water partition coefficient (Wildman–Crippen LogP) is 2.03. The monoisotopic (exact) mass is 280 g/mol. The summed E-state index contributed by atoms with van der Waals surface area (Å²) in [5.74, 6) is -1.50. The molecule has 0 saturated carbocycles. The van der Waals surface area contributed by atoms with Gasteiger partial charge in [-0.2, -0.15) is 0 Å². The van der Waals surface area contributed by atoms with Crippen LogP contribution >= 0.6 is 11.6 Å². The minimum atomic E-state index is -1.07. The Balaban J connectivity index is 2.37. The van der Waals surface area contributed by atoms with Gasteiger partial charge in [-0.3, -0.25) is 9.59 Å². The summed E-state index contributed by atoms with van der Waals surface area (Å²) in [6.07, 6.45) is 0. The number of aliphatic carboxylic acids is 1. The second-order valence-electron chi connectivity index (χ2n) is 4.33. The Morgan fingerprint density at radius 1 is 1.37 bits per heavy atom. The van der Waals surface area contributed by atoms with Gasteiger partial charge in [0, 0.05) is 23.0 Å². The molecule has 1 amide bonds. The van der Waals surface area contributed by atoms with E-state index in [1.807, 2.05) is 6.07 Å². The Morgan fingerprint density at radius 3 is 2.68 bits per heavy atom. The van der Waals surface area contributed by atoms with Crippen LogP contribution in [0.4, 0.5) is 0 Å². The molecule has 1 atom stereocenters. The number of carbonyl (C=O) groups is 2. The molecule has 2 N–H and O–H groups in total. The number of nitrogens with one attached hydrogen (secondary N) is 1. The molecule has 19 heavy (non-hydrogen) atoms. The van der Waals surface area contributed by atoms with Crippen molar-refractivity contribution in [3.8, 4) is 0 Å². The van der Waals surface area contributed by atoms with E-state index in [0.29, 0.717) is 10.7 Å². The first-order valence-corrected chi connectivity index (χ1v) is 6.06. The van der Waals surface area contributed by atoms with Gasteiger partial charge in [0.25, 0.3) is 5.91 Å². The van der Waals surface area contributed by atoms with E-state index in [9.17, 15) is 9.59 Å². The fraction of sp³-hybridized carbons (Fsp3) is 0.231. The lowest BCUT2D eigenvalue weighted by atomic mass is 10.2. The summed E-state index contributed by atoms with van der Waals surface area (Å²) in [6.45, 7) is 1.42. The van der Waals surface area contributed by atoms with Gasteiger partial charge in [0.2, 0.25) is 0 Å². The molecule has 0 radical (unpaired) electrons. The highest BCUT2D eigenvalue weighted by Gasteiger charge is 2.18. The van der Waals surface area contributed by atoms with Crippen molar-refractivity contribution in [1.82, 2.24) is 9.88 Å². The quantitative estimate of drug-likeness (QED) is 0.904. The lowest BCUT2D eigenvalue weighted by Gasteiger charge is -2.09. The van der Waals surface area contributed by atoms with Gasteiger partial charge in [-0.15, -0.1) is 0 Å². The molecular weight excluding hydrogens is 268 g/mol. The Labute approximate surface area is 114 Å². The smallest absolute Gasteiger partial charge is 0.325 e. The van der Waals surface area contributed by atoms with Crippen LogP contribution in [0.5, 0.6) is 0 Å². The molecule has 0 unspecified atom stereocenters. The number of carboxylic acid groups (broad SMARTS) is 1. The molecule has 100 valence electrons. The summed E-state index contributed by atoms with van der Waals surface area (Å²) < 4.78 is 1.70. The fourth-order valence-corrected chi connectivity index (χ4v) is 2.05. The first-order valence-electron chi connectivity index (χ1n) is 5.69. The van der Waals surface area contributed by atoms with Crippen molar-refractivity contribution >= 4 is 34.4 Å². The standard InChI is InChI=1S/C13H13ClN2O3/c1-7(13(18)19)15-12(17)11-6-8-5-9(14)3-4-10(8)16(11)2/h3-7H,1-2H3,(H,15,17)(H,18,19)/t7-/m0/s1. The second kappa shape index (κ2) is 4.93. The molecular formula is C13H13ClN2O3. The second-order valence-corrected chi connectivity index (χ2v) is 4.76. The summed E-state index contributed by atoms with van der Waals surface area (Å²) in [5, 5.41) is 12.6. The number of carboxylic acids is 1. The normalized spacial score (nSPS) is 12.4. The van der Waals surface area contributed by atoms with Gasteiger partial charge in [0.1, 0.15) is 11.7 Å². The predicted molar refractivity (Wildman–Crippen MR) is 72.5 cm³/mol. The van der Waals surface area contributed by atoms with Crippen molar-refractivity contribution in [2.45, 2.75) is 13.0 Å². The zero-order valence-corrected chi connectivity index (χ0v) is 11.2. The van der Waals surface area contributed by atoms with Gasteiger partial charge in [-0.1, -0.05) is 11.6 Å².